The summed E-state index contributed by atoms with van der Waals surface area (Å²) in [5, 5.41) is 0. The van der Waals surface area contributed by atoms with Crippen LogP contribution >= 0.6 is 15.9 Å². The average molecular weight is 233 g/mol. The summed E-state index contributed by atoms with van der Waals surface area (Å²) >= 11 is 3.27. The molecule has 1 aliphatic rings. The zero-order valence-electron chi connectivity index (χ0n) is 7.23. The highest BCUT2D eigenvalue weighted by Crippen LogP contribution is 2.28. The molecule has 68 valence electrons. The van der Waals surface area contributed by atoms with Crippen LogP contribution in [0.5, 0.6) is 0 Å². The Morgan fingerprint density at radius 1 is 1.33 bits per heavy atom. The van der Waals surface area contributed by atoms with Crippen molar-refractivity contribution >= 4 is 21.9 Å². The topological polar surface area (TPSA) is 26.3 Å². The summed E-state index contributed by atoms with van der Waals surface area (Å²) in [6, 6.07) is 0. The third-order valence-corrected chi connectivity index (χ3v) is 3.02. The van der Waals surface area contributed by atoms with Gasteiger partial charge in [-0.2, -0.15) is 0 Å². The van der Waals surface area contributed by atoms with Crippen LogP contribution in [0.4, 0.5) is 0 Å². The number of carbonyl (C=O) groups is 1. The summed E-state index contributed by atoms with van der Waals surface area (Å²) in [5.74, 6) is -0.244. The molecule has 1 aliphatic carbocycles. The molecule has 0 radical (unpaired) electrons. The van der Waals surface area contributed by atoms with E-state index in [1.807, 2.05) is 0 Å². The van der Waals surface area contributed by atoms with Gasteiger partial charge in [0.2, 0.25) is 0 Å². The molecule has 2 nitrogen and oxygen atoms in total. The van der Waals surface area contributed by atoms with E-state index in [4.69, 9.17) is 0 Å². The van der Waals surface area contributed by atoms with Gasteiger partial charge in [0.25, 0.3) is 0 Å². The van der Waals surface area contributed by atoms with Gasteiger partial charge in [0.05, 0.1) is 7.11 Å². The lowest BCUT2D eigenvalue weighted by Crippen LogP contribution is -2.05. The van der Waals surface area contributed by atoms with E-state index >= 15 is 0 Å². The lowest BCUT2D eigenvalue weighted by molar-refractivity contribution is -0.135. The van der Waals surface area contributed by atoms with Gasteiger partial charge in [-0.3, -0.25) is 0 Å². The quantitative estimate of drug-likeness (QED) is 0.514. The zero-order chi connectivity index (χ0) is 8.97. The molecular formula is C9H13BrO2. The molecule has 0 N–H and O–H groups in total. The predicted octanol–water partition coefficient (Wildman–Crippen LogP) is 2.77. The Morgan fingerprint density at radius 3 is 2.42 bits per heavy atom. The second-order valence-corrected chi connectivity index (χ2v) is 3.76. The van der Waals surface area contributed by atoms with Crippen LogP contribution in [-0.2, 0) is 9.53 Å². The van der Waals surface area contributed by atoms with Crippen molar-refractivity contribution in [1.29, 1.82) is 0 Å². The first-order chi connectivity index (χ1) is 5.75. The average Bonchev–Trinajstić information content (AvgIpc) is 2.17. The van der Waals surface area contributed by atoms with E-state index in [-0.39, 0.29) is 5.97 Å². The van der Waals surface area contributed by atoms with Gasteiger partial charge in [-0.25, -0.2) is 4.79 Å². The van der Waals surface area contributed by atoms with E-state index in [9.17, 15) is 4.79 Å². The molecule has 0 amide bonds. The minimum Gasteiger partial charge on any atom is -0.465 e. The van der Waals surface area contributed by atoms with Gasteiger partial charge in [0, 0.05) is 0 Å². The van der Waals surface area contributed by atoms with Gasteiger partial charge >= 0.3 is 5.97 Å². The molecule has 12 heavy (non-hydrogen) atoms. The van der Waals surface area contributed by atoms with E-state index in [2.05, 4.69) is 20.7 Å². The van der Waals surface area contributed by atoms with Gasteiger partial charge in [-0.05, 0) is 47.2 Å². The molecule has 0 aromatic carbocycles. The number of ether oxygens (including phenoxy) is 1. The van der Waals surface area contributed by atoms with Crippen molar-refractivity contribution in [3.05, 3.63) is 10.1 Å². The molecule has 3 heteroatoms. The summed E-state index contributed by atoms with van der Waals surface area (Å²) in [4.78, 5) is 11.1. The Hall–Kier alpha value is -0.310. The van der Waals surface area contributed by atoms with Gasteiger partial charge in [0.1, 0.15) is 4.48 Å². The Morgan fingerprint density at radius 2 is 1.92 bits per heavy atom. The fraction of sp³-hybridized carbons (Fsp3) is 0.667. The molecule has 1 fully saturated rings. The molecule has 1 rings (SSSR count). The SMILES string of the molecule is COC(=O)C(Br)=C1CCCCC1. The summed E-state index contributed by atoms with van der Waals surface area (Å²) in [6.45, 7) is 0. The monoisotopic (exact) mass is 232 g/mol. The number of carbonyl (C=O) groups excluding carboxylic acids is 1. The first kappa shape index (κ1) is 9.78. The molecule has 0 aromatic rings. The molecule has 1 saturated carbocycles. The van der Waals surface area contributed by atoms with E-state index in [1.54, 1.807) is 0 Å². The molecule has 0 aliphatic heterocycles. The normalized spacial score (nSPS) is 17.3. The van der Waals surface area contributed by atoms with Gasteiger partial charge in [0.15, 0.2) is 0 Å². The van der Waals surface area contributed by atoms with Crippen molar-refractivity contribution in [1.82, 2.24) is 0 Å². The Balaban J connectivity index is 2.66. The van der Waals surface area contributed by atoms with E-state index in [0.717, 1.165) is 12.8 Å². The second-order valence-electron chi connectivity index (χ2n) is 2.97. The van der Waals surface area contributed by atoms with Crippen LogP contribution in [0.2, 0.25) is 0 Å². The Bertz CT molecular complexity index is 201. The molecule has 0 atom stereocenters. The van der Waals surface area contributed by atoms with Gasteiger partial charge < -0.3 is 4.74 Å². The molecule has 0 heterocycles. The molecule has 0 bridgehead atoms. The van der Waals surface area contributed by atoms with Crippen LogP contribution in [0, 0.1) is 0 Å². The van der Waals surface area contributed by atoms with Crippen LogP contribution in [0.1, 0.15) is 32.1 Å². The third kappa shape index (κ3) is 2.34. The van der Waals surface area contributed by atoms with Crippen LogP contribution in [0.3, 0.4) is 0 Å². The van der Waals surface area contributed by atoms with Gasteiger partial charge in [-0.15, -0.1) is 0 Å². The van der Waals surface area contributed by atoms with E-state index in [1.165, 1.54) is 31.9 Å². The Kier molecular flexibility index (Phi) is 3.79. The molecular weight excluding hydrogens is 220 g/mol. The number of rotatable bonds is 1. The number of halogens is 1. The number of hydrogen-bond acceptors (Lipinski definition) is 2. The first-order valence-corrected chi connectivity index (χ1v) is 5.01. The van der Waals surface area contributed by atoms with Crippen molar-refractivity contribution in [2.75, 3.05) is 7.11 Å². The minimum absolute atomic E-state index is 0.244. The highest BCUT2D eigenvalue weighted by Gasteiger charge is 2.14. The standard InChI is InChI=1S/C9H13BrO2/c1-12-9(11)8(10)7-5-3-2-4-6-7/h2-6H2,1H3. The van der Waals surface area contributed by atoms with Crippen LogP contribution in [0.25, 0.3) is 0 Å². The summed E-state index contributed by atoms with van der Waals surface area (Å²) in [5.41, 5.74) is 1.22. The maximum atomic E-state index is 11.1. The largest absolute Gasteiger partial charge is 0.465 e. The number of methoxy groups -OCH3 is 1. The minimum atomic E-state index is -0.244. The van der Waals surface area contributed by atoms with Crippen LogP contribution in [0.15, 0.2) is 10.1 Å². The zero-order valence-corrected chi connectivity index (χ0v) is 8.82. The smallest absolute Gasteiger partial charge is 0.344 e. The predicted molar refractivity (Wildman–Crippen MR) is 51.1 cm³/mol. The molecule has 0 spiro atoms. The molecule has 0 aromatic heterocycles. The van der Waals surface area contributed by atoms with Crippen molar-refractivity contribution in [2.24, 2.45) is 0 Å². The molecule has 0 unspecified atom stereocenters. The highest BCUT2D eigenvalue weighted by molar-refractivity contribution is 9.12. The maximum Gasteiger partial charge on any atom is 0.344 e. The number of esters is 1. The van der Waals surface area contributed by atoms with Crippen molar-refractivity contribution in [3.8, 4) is 0 Å². The summed E-state index contributed by atoms with van der Waals surface area (Å²) in [7, 11) is 1.41. The van der Waals surface area contributed by atoms with E-state index < -0.39 is 0 Å². The van der Waals surface area contributed by atoms with Crippen LogP contribution in [-0.4, -0.2) is 13.1 Å². The van der Waals surface area contributed by atoms with Crippen molar-refractivity contribution < 1.29 is 9.53 Å². The van der Waals surface area contributed by atoms with Crippen molar-refractivity contribution in [2.45, 2.75) is 32.1 Å². The lowest BCUT2D eigenvalue weighted by atomic mass is 9.95. The fourth-order valence-electron chi connectivity index (χ4n) is 1.43. The third-order valence-electron chi connectivity index (χ3n) is 2.13. The number of allylic oxidation sites excluding steroid dienone is 1. The second kappa shape index (κ2) is 4.65. The van der Waals surface area contributed by atoms with Gasteiger partial charge in [-0.1, -0.05) is 6.42 Å². The summed E-state index contributed by atoms with van der Waals surface area (Å²) in [6.07, 6.45) is 5.75. The van der Waals surface area contributed by atoms with Crippen LogP contribution < -0.4 is 0 Å². The summed E-state index contributed by atoms with van der Waals surface area (Å²) < 4.78 is 5.26. The number of hydrogen-bond donors (Lipinski definition) is 0. The lowest BCUT2D eigenvalue weighted by Gasteiger charge is -2.14. The molecule has 0 saturated heterocycles. The van der Waals surface area contributed by atoms with E-state index in [0.29, 0.717) is 4.48 Å². The fourth-order valence-corrected chi connectivity index (χ4v) is 1.99. The maximum absolute atomic E-state index is 11.1. The van der Waals surface area contributed by atoms with Crippen molar-refractivity contribution in [3.63, 3.8) is 0 Å². The highest BCUT2D eigenvalue weighted by atomic mass is 79.9. The first-order valence-electron chi connectivity index (χ1n) is 4.21. The Labute approximate surface area is 81.1 Å².